The predicted octanol–water partition coefficient (Wildman–Crippen LogP) is 3.16. The second kappa shape index (κ2) is 3.99. The maximum atomic E-state index is 10.9. The van der Waals surface area contributed by atoms with E-state index in [1.54, 1.807) is 18.2 Å². The summed E-state index contributed by atoms with van der Waals surface area (Å²) >= 11 is 11.5. The van der Waals surface area contributed by atoms with E-state index in [4.69, 9.17) is 23.4 Å². The van der Waals surface area contributed by atoms with E-state index in [2.05, 4.69) is 0 Å². The monoisotopic (exact) mass is 217 g/mol. The molecule has 0 atom stereocenters. The average molecular weight is 218 g/mol. The molecule has 1 aromatic rings. The average Bonchev–Trinajstić information content (AvgIpc) is 2.08. The summed E-state index contributed by atoms with van der Waals surface area (Å²) in [6.07, 6.45) is 0. The quantitative estimate of drug-likeness (QED) is 0.663. The molecule has 0 radical (unpaired) electrons. The van der Waals surface area contributed by atoms with Gasteiger partial charge in [-0.05, 0) is 30.7 Å². The van der Waals surface area contributed by atoms with Crippen LogP contribution in [0, 0.1) is 6.92 Å². The van der Waals surface area contributed by atoms with Crippen LogP contribution in [0.25, 0.3) is 0 Å². The van der Waals surface area contributed by atoms with Crippen molar-refractivity contribution in [2.75, 3.05) is 4.42 Å². The van der Waals surface area contributed by atoms with Gasteiger partial charge in [0.05, 0.1) is 5.69 Å². The van der Waals surface area contributed by atoms with Crippen LogP contribution >= 0.6 is 23.4 Å². The van der Waals surface area contributed by atoms with Gasteiger partial charge in [0.1, 0.15) is 0 Å². The van der Waals surface area contributed by atoms with Crippen LogP contribution in [0.15, 0.2) is 18.2 Å². The van der Waals surface area contributed by atoms with E-state index in [-0.39, 0.29) is 5.91 Å². The summed E-state index contributed by atoms with van der Waals surface area (Å²) in [5.41, 5.74) is 1.53. The summed E-state index contributed by atoms with van der Waals surface area (Å²) in [6, 6.07) is 5.17. The highest BCUT2D eigenvalue weighted by Gasteiger charge is 2.08. The molecule has 0 spiro atoms. The van der Waals surface area contributed by atoms with Gasteiger partial charge < -0.3 is 0 Å². The van der Waals surface area contributed by atoms with Gasteiger partial charge in [0.2, 0.25) is 5.91 Å². The summed E-state index contributed by atoms with van der Waals surface area (Å²) in [5, 5.41) is 0.664. The van der Waals surface area contributed by atoms with Gasteiger partial charge in [-0.2, -0.15) is 0 Å². The molecular weight excluding hydrogens is 209 g/mol. The smallest absolute Gasteiger partial charge is 0.238 e. The van der Waals surface area contributed by atoms with Gasteiger partial charge in [-0.3, -0.25) is 4.79 Å². The van der Waals surface area contributed by atoms with Gasteiger partial charge in [0, 0.05) is 23.7 Å². The SMILES string of the molecule is CC(=O)N(Cl)c1ccc(Cl)c(C)c1. The lowest BCUT2D eigenvalue weighted by Crippen LogP contribution is -2.16. The molecule has 2 nitrogen and oxygen atoms in total. The third-order valence-corrected chi connectivity index (χ3v) is 2.50. The third kappa shape index (κ3) is 2.36. The maximum Gasteiger partial charge on any atom is 0.238 e. The number of aryl methyl sites for hydroxylation is 1. The van der Waals surface area contributed by atoms with Crippen molar-refractivity contribution < 1.29 is 4.79 Å². The Kier molecular flexibility index (Phi) is 3.17. The number of nitrogens with zero attached hydrogens (tertiary/aromatic N) is 1. The highest BCUT2D eigenvalue weighted by atomic mass is 35.5. The van der Waals surface area contributed by atoms with Crippen LogP contribution in [0.1, 0.15) is 12.5 Å². The molecule has 0 saturated heterocycles. The highest BCUT2D eigenvalue weighted by molar-refractivity contribution is 6.36. The molecule has 0 unspecified atom stereocenters. The van der Waals surface area contributed by atoms with Crippen LogP contribution in [0.3, 0.4) is 0 Å². The second-order valence-corrected chi connectivity index (χ2v) is 3.48. The van der Waals surface area contributed by atoms with Crippen LogP contribution in [0.5, 0.6) is 0 Å². The number of hydrogen-bond donors (Lipinski definition) is 0. The standard InChI is InChI=1S/C9H9Cl2NO/c1-6-5-8(3-4-9(6)10)12(11)7(2)13/h3-5H,1-2H3. The molecule has 0 aromatic heterocycles. The number of benzene rings is 1. The molecule has 0 bridgehead atoms. The molecule has 0 N–H and O–H groups in total. The number of rotatable bonds is 1. The normalized spacial score (nSPS) is 9.85. The second-order valence-electron chi connectivity index (χ2n) is 2.73. The number of amides is 1. The first-order chi connectivity index (χ1) is 6.02. The summed E-state index contributed by atoms with van der Waals surface area (Å²) in [5.74, 6) is -0.219. The minimum absolute atomic E-state index is 0.219. The molecule has 0 aliphatic heterocycles. The zero-order valence-electron chi connectivity index (χ0n) is 7.34. The minimum Gasteiger partial charge on any atom is -0.274 e. The van der Waals surface area contributed by atoms with E-state index in [9.17, 15) is 4.79 Å². The zero-order valence-corrected chi connectivity index (χ0v) is 8.86. The highest BCUT2D eigenvalue weighted by Crippen LogP contribution is 2.23. The number of anilines is 1. The maximum absolute atomic E-state index is 10.9. The number of carbonyl (C=O) groups excluding carboxylic acids is 1. The lowest BCUT2D eigenvalue weighted by Gasteiger charge is -2.12. The van der Waals surface area contributed by atoms with Crippen molar-refractivity contribution in [3.63, 3.8) is 0 Å². The van der Waals surface area contributed by atoms with Gasteiger partial charge in [0.15, 0.2) is 0 Å². The molecule has 0 fully saturated rings. The summed E-state index contributed by atoms with van der Waals surface area (Å²) in [4.78, 5) is 10.9. The predicted molar refractivity (Wildman–Crippen MR) is 55.2 cm³/mol. The fraction of sp³-hybridized carbons (Fsp3) is 0.222. The van der Waals surface area contributed by atoms with E-state index in [0.29, 0.717) is 10.7 Å². The number of halogens is 2. The molecule has 70 valence electrons. The fourth-order valence-corrected chi connectivity index (χ4v) is 1.16. The van der Waals surface area contributed by atoms with Crippen LogP contribution in [0.4, 0.5) is 5.69 Å². The van der Waals surface area contributed by atoms with Gasteiger partial charge in [0.25, 0.3) is 0 Å². The Labute approximate surface area is 87.2 Å². The largest absolute Gasteiger partial charge is 0.274 e. The molecule has 0 saturated carbocycles. The van der Waals surface area contributed by atoms with Crippen molar-refractivity contribution in [2.45, 2.75) is 13.8 Å². The van der Waals surface area contributed by atoms with Crippen molar-refractivity contribution in [2.24, 2.45) is 0 Å². The van der Waals surface area contributed by atoms with E-state index in [1.165, 1.54) is 6.92 Å². The Morgan fingerprint density at radius 3 is 2.54 bits per heavy atom. The summed E-state index contributed by atoms with van der Waals surface area (Å²) in [7, 11) is 0. The number of hydrogen-bond acceptors (Lipinski definition) is 1. The van der Waals surface area contributed by atoms with Crippen molar-refractivity contribution >= 4 is 35.0 Å². The molecule has 0 heterocycles. The first-order valence-corrected chi connectivity index (χ1v) is 4.46. The van der Waals surface area contributed by atoms with Crippen LogP contribution < -0.4 is 4.42 Å². The molecule has 13 heavy (non-hydrogen) atoms. The molecule has 1 rings (SSSR count). The molecule has 4 heteroatoms. The topological polar surface area (TPSA) is 20.3 Å². The van der Waals surface area contributed by atoms with Crippen LogP contribution in [-0.4, -0.2) is 5.91 Å². The molecular formula is C9H9Cl2NO. The van der Waals surface area contributed by atoms with Crippen molar-refractivity contribution in [1.29, 1.82) is 0 Å². The third-order valence-electron chi connectivity index (χ3n) is 1.64. The fourth-order valence-electron chi connectivity index (χ4n) is 0.933. The molecule has 1 amide bonds. The van der Waals surface area contributed by atoms with E-state index in [1.807, 2.05) is 6.92 Å². The van der Waals surface area contributed by atoms with Gasteiger partial charge in [-0.25, -0.2) is 4.42 Å². The lowest BCUT2D eigenvalue weighted by molar-refractivity contribution is -0.115. The molecule has 0 aliphatic rings. The van der Waals surface area contributed by atoms with Gasteiger partial charge >= 0.3 is 0 Å². The first-order valence-electron chi connectivity index (χ1n) is 3.75. The summed E-state index contributed by atoms with van der Waals surface area (Å²) < 4.78 is 1.06. The Morgan fingerprint density at radius 2 is 2.08 bits per heavy atom. The zero-order chi connectivity index (χ0) is 10.0. The van der Waals surface area contributed by atoms with Crippen molar-refractivity contribution in [1.82, 2.24) is 0 Å². The number of carbonyl (C=O) groups is 1. The van der Waals surface area contributed by atoms with Crippen LogP contribution in [0.2, 0.25) is 5.02 Å². The van der Waals surface area contributed by atoms with E-state index < -0.39 is 0 Å². The summed E-state index contributed by atoms with van der Waals surface area (Å²) in [6.45, 7) is 3.26. The Balaban J connectivity index is 3.03. The Bertz CT molecular complexity index is 338. The Morgan fingerprint density at radius 1 is 1.46 bits per heavy atom. The van der Waals surface area contributed by atoms with Crippen LogP contribution in [-0.2, 0) is 4.79 Å². The van der Waals surface area contributed by atoms with Gasteiger partial charge in [-0.15, -0.1) is 0 Å². The first kappa shape index (κ1) is 10.4. The van der Waals surface area contributed by atoms with E-state index in [0.717, 1.165) is 9.98 Å². The van der Waals surface area contributed by atoms with E-state index >= 15 is 0 Å². The molecule has 0 aliphatic carbocycles. The minimum atomic E-state index is -0.219. The lowest BCUT2D eigenvalue weighted by atomic mass is 10.2. The van der Waals surface area contributed by atoms with Gasteiger partial charge in [-0.1, -0.05) is 11.6 Å². The van der Waals surface area contributed by atoms with Crippen molar-refractivity contribution in [3.05, 3.63) is 28.8 Å². The van der Waals surface area contributed by atoms with Crippen molar-refractivity contribution in [3.8, 4) is 0 Å². The Hall–Kier alpha value is -0.730. The molecule has 1 aromatic carbocycles.